The predicted molar refractivity (Wildman–Crippen MR) is 66.9 cm³/mol. The first-order valence-electron chi connectivity index (χ1n) is 4.72. The number of sulfonamides is 1. The summed E-state index contributed by atoms with van der Waals surface area (Å²) in [5.41, 5.74) is 0.314. The SMILES string of the molecule is O=S(=O)(Nc1ccncc1Br)c1cncc(F)c1. The molecule has 0 spiro atoms. The van der Waals surface area contributed by atoms with Crippen molar-refractivity contribution in [1.29, 1.82) is 0 Å². The summed E-state index contributed by atoms with van der Waals surface area (Å²) < 4.78 is 39.6. The molecule has 8 heteroatoms. The second-order valence-corrected chi connectivity index (χ2v) is 5.84. The Bertz CT molecular complexity index is 678. The van der Waals surface area contributed by atoms with Gasteiger partial charge in [0.25, 0.3) is 10.0 Å². The summed E-state index contributed by atoms with van der Waals surface area (Å²) >= 11 is 3.16. The van der Waals surface area contributed by atoms with Crippen molar-refractivity contribution in [3.8, 4) is 0 Å². The third kappa shape index (κ3) is 2.82. The van der Waals surface area contributed by atoms with Gasteiger partial charge in [0, 0.05) is 18.6 Å². The number of anilines is 1. The van der Waals surface area contributed by atoms with Gasteiger partial charge in [-0.15, -0.1) is 0 Å². The molecule has 0 aromatic carbocycles. The lowest BCUT2D eigenvalue weighted by Gasteiger charge is -2.08. The molecule has 0 aliphatic carbocycles. The van der Waals surface area contributed by atoms with E-state index in [0.29, 0.717) is 10.2 Å². The Hall–Kier alpha value is -1.54. The highest BCUT2D eigenvalue weighted by atomic mass is 79.9. The van der Waals surface area contributed by atoms with E-state index in [2.05, 4.69) is 30.6 Å². The molecule has 0 atom stereocenters. The van der Waals surface area contributed by atoms with Crippen LogP contribution in [0.3, 0.4) is 0 Å². The summed E-state index contributed by atoms with van der Waals surface area (Å²) in [4.78, 5) is 7.06. The lowest BCUT2D eigenvalue weighted by Crippen LogP contribution is -2.13. The number of halogens is 2. The highest BCUT2D eigenvalue weighted by Crippen LogP contribution is 2.23. The summed E-state index contributed by atoms with van der Waals surface area (Å²) in [6, 6.07) is 2.37. The molecule has 0 saturated heterocycles. The largest absolute Gasteiger partial charge is 0.278 e. The van der Waals surface area contributed by atoms with E-state index in [-0.39, 0.29) is 4.90 Å². The molecule has 0 unspecified atom stereocenters. The second kappa shape index (κ2) is 4.99. The molecule has 0 aliphatic heterocycles. The molecule has 2 aromatic rings. The fourth-order valence-electron chi connectivity index (χ4n) is 1.20. The minimum Gasteiger partial charge on any atom is -0.278 e. The molecule has 5 nitrogen and oxygen atoms in total. The van der Waals surface area contributed by atoms with Crippen LogP contribution in [0.1, 0.15) is 0 Å². The first-order valence-corrected chi connectivity index (χ1v) is 6.99. The van der Waals surface area contributed by atoms with Crippen molar-refractivity contribution in [3.63, 3.8) is 0 Å². The molecular weight excluding hydrogens is 325 g/mol. The predicted octanol–water partition coefficient (Wildman–Crippen LogP) is 2.18. The molecule has 0 bridgehead atoms. The molecule has 0 aliphatic rings. The summed E-state index contributed by atoms with van der Waals surface area (Å²) in [5, 5.41) is 0. The van der Waals surface area contributed by atoms with Crippen molar-refractivity contribution in [3.05, 3.63) is 47.2 Å². The number of nitrogens with zero attached hydrogens (tertiary/aromatic N) is 2. The number of rotatable bonds is 3. The van der Waals surface area contributed by atoms with Crippen molar-refractivity contribution in [2.45, 2.75) is 4.90 Å². The van der Waals surface area contributed by atoms with Gasteiger partial charge in [-0.2, -0.15) is 0 Å². The second-order valence-electron chi connectivity index (χ2n) is 3.30. The Kier molecular flexibility index (Phi) is 3.58. The van der Waals surface area contributed by atoms with Crippen molar-refractivity contribution >= 4 is 31.6 Å². The number of hydrogen-bond donors (Lipinski definition) is 1. The summed E-state index contributed by atoms with van der Waals surface area (Å²) in [5.74, 6) is -0.716. The first-order chi connectivity index (χ1) is 8.49. The monoisotopic (exact) mass is 331 g/mol. The van der Waals surface area contributed by atoms with E-state index in [9.17, 15) is 12.8 Å². The van der Waals surface area contributed by atoms with Crippen LogP contribution in [-0.2, 0) is 10.0 Å². The van der Waals surface area contributed by atoms with E-state index in [1.165, 1.54) is 18.5 Å². The van der Waals surface area contributed by atoms with Gasteiger partial charge < -0.3 is 0 Å². The van der Waals surface area contributed by atoms with Crippen LogP contribution in [-0.4, -0.2) is 18.4 Å². The van der Waals surface area contributed by atoms with E-state index in [0.717, 1.165) is 18.5 Å². The third-order valence-corrected chi connectivity index (χ3v) is 3.97. The van der Waals surface area contributed by atoms with Crippen LogP contribution < -0.4 is 4.72 Å². The molecule has 94 valence electrons. The fraction of sp³-hybridized carbons (Fsp3) is 0. The van der Waals surface area contributed by atoms with Gasteiger partial charge in [-0.1, -0.05) is 0 Å². The zero-order valence-electron chi connectivity index (χ0n) is 8.84. The first kappa shape index (κ1) is 12.9. The molecule has 0 radical (unpaired) electrons. The van der Waals surface area contributed by atoms with Gasteiger partial charge >= 0.3 is 0 Å². The molecule has 0 fully saturated rings. The van der Waals surface area contributed by atoms with Crippen LogP contribution in [0.5, 0.6) is 0 Å². The fourth-order valence-corrected chi connectivity index (χ4v) is 2.73. The third-order valence-electron chi connectivity index (χ3n) is 2.01. The van der Waals surface area contributed by atoms with E-state index in [1.807, 2.05) is 0 Å². The van der Waals surface area contributed by atoms with Crippen LogP contribution in [0.25, 0.3) is 0 Å². The van der Waals surface area contributed by atoms with Crippen LogP contribution >= 0.6 is 15.9 Å². The standard InChI is InChI=1S/C10H7BrFN3O2S/c11-9-6-13-2-1-10(9)15-18(16,17)8-3-7(12)4-14-5-8/h1-6H,(H,13,15). The zero-order chi connectivity index (χ0) is 13.2. The highest BCUT2D eigenvalue weighted by molar-refractivity contribution is 9.10. The van der Waals surface area contributed by atoms with Gasteiger partial charge in [0.05, 0.1) is 16.4 Å². The highest BCUT2D eigenvalue weighted by Gasteiger charge is 2.16. The molecular formula is C10H7BrFN3O2S. The molecule has 2 heterocycles. The Morgan fingerprint density at radius 1 is 1.22 bits per heavy atom. The number of hydrogen-bond acceptors (Lipinski definition) is 4. The van der Waals surface area contributed by atoms with E-state index in [4.69, 9.17) is 0 Å². The van der Waals surface area contributed by atoms with Crippen molar-refractivity contribution in [1.82, 2.24) is 9.97 Å². The molecule has 2 aromatic heterocycles. The molecule has 2 rings (SSSR count). The minimum atomic E-state index is -3.87. The molecule has 18 heavy (non-hydrogen) atoms. The lowest BCUT2D eigenvalue weighted by molar-refractivity contribution is 0.592. The zero-order valence-corrected chi connectivity index (χ0v) is 11.2. The van der Waals surface area contributed by atoms with E-state index >= 15 is 0 Å². The minimum absolute atomic E-state index is 0.244. The molecule has 0 saturated carbocycles. The Morgan fingerprint density at radius 3 is 2.67 bits per heavy atom. The maximum atomic E-state index is 12.9. The van der Waals surface area contributed by atoms with Gasteiger partial charge in [0.1, 0.15) is 10.7 Å². The topological polar surface area (TPSA) is 72.0 Å². The lowest BCUT2D eigenvalue weighted by atomic mass is 10.4. The van der Waals surface area contributed by atoms with Gasteiger partial charge in [-0.3, -0.25) is 14.7 Å². The maximum absolute atomic E-state index is 12.9. The quantitative estimate of drug-likeness (QED) is 0.935. The van der Waals surface area contributed by atoms with Crippen molar-refractivity contribution < 1.29 is 12.8 Å². The Morgan fingerprint density at radius 2 is 2.00 bits per heavy atom. The van der Waals surface area contributed by atoms with Crippen LogP contribution in [0.15, 0.2) is 46.3 Å². The number of nitrogens with one attached hydrogen (secondary N) is 1. The van der Waals surface area contributed by atoms with Gasteiger partial charge in [0.2, 0.25) is 0 Å². The van der Waals surface area contributed by atoms with Crippen LogP contribution in [0, 0.1) is 5.82 Å². The van der Waals surface area contributed by atoms with Gasteiger partial charge in [0.15, 0.2) is 0 Å². The maximum Gasteiger partial charge on any atom is 0.263 e. The van der Waals surface area contributed by atoms with Crippen molar-refractivity contribution in [2.75, 3.05) is 4.72 Å². The average molecular weight is 332 g/mol. The smallest absolute Gasteiger partial charge is 0.263 e. The Balaban J connectivity index is 2.37. The number of pyridine rings is 2. The summed E-state index contributed by atoms with van der Waals surface area (Å²) in [6.07, 6.45) is 4.88. The molecule has 1 N–H and O–H groups in total. The average Bonchev–Trinajstić information content (AvgIpc) is 2.32. The Labute approximate surface area is 111 Å². The van der Waals surface area contributed by atoms with Crippen molar-refractivity contribution in [2.24, 2.45) is 0 Å². The number of aromatic nitrogens is 2. The van der Waals surface area contributed by atoms with Crippen LogP contribution in [0.2, 0.25) is 0 Å². The van der Waals surface area contributed by atoms with Gasteiger partial charge in [-0.05, 0) is 28.1 Å². The normalized spacial score (nSPS) is 11.2. The summed E-state index contributed by atoms with van der Waals surface area (Å²) in [6.45, 7) is 0. The molecule has 0 amide bonds. The van der Waals surface area contributed by atoms with E-state index < -0.39 is 15.8 Å². The van der Waals surface area contributed by atoms with E-state index in [1.54, 1.807) is 0 Å². The van der Waals surface area contributed by atoms with Gasteiger partial charge in [-0.25, -0.2) is 12.8 Å². The van der Waals surface area contributed by atoms with Crippen LogP contribution in [0.4, 0.5) is 10.1 Å². The summed E-state index contributed by atoms with van der Waals surface area (Å²) in [7, 11) is -3.87.